The van der Waals surface area contributed by atoms with Crippen LogP contribution in [0.5, 0.6) is 0 Å². The summed E-state index contributed by atoms with van der Waals surface area (Å²) in [6.07, 6.45) is 0. The van der Waals surface area contributed by atoms with Gasteiger partial charge in [0.1, 0.15) is 0 Å². The van der Waals surface area contributed by atoms with Gasteiger partial charge in [0, 0.05) is 9.05 Å². The van der Waals surface area contributed by atoms with Gasteiger partial charge in [0.25, 0.3) is 0 Å². The van der Waals surface area contributed by atoms with Gasteiger partial charge in [0.2, 0.25) is 0 Å². The van der Waals surface area contributed by atoms with Gasteiger partial charge in [0.05, 0.1) is 0 Å². The predicted molar refractivity (Wildman–Crippen MR) is 22.0 cm³/mol. The Kier molecular flexibility index (Phi) is 29.5. The van der Waals surface area contributed by atoms with Gasteiger partial charge in [-0.1, -0.05) is 0 Å². The number of halogens is 2. The first-order chi connectivity index (χ1) is 5.72. The molecule has 0 aliphatic heterocycles. The molecule has 16 heavy (non-hydrogen) atoms. The molecule has 0 heterocycles. The monoisotopic (exact) mass is 242 g/mol. The Morgan fingerprint density at radius 2 is 1.00 bits per heavy atom. The summed E-state index contributed by atoms with van der Waals surface area (Å²) in [5.74, 6) is -4.04. The molecule has 0 radical (unpaired) electrons. The summed E-state index contributed by atoms with van der Waals surface area (Å²) >= 11 is 0. The maximum absolute atomic E-state index is 10.5. The predicted octanol–water partition coefficient (Wildman–Crippen LogP) is -12.0. The first-order valence-electron chi connectivity index (χ1n) is 2.11. The van der Waals surface area contributed by atoms with E-state index < -0.39 is 19.8 Å². The second kappa shape index (κ2) is 15.7. The van der Waals surface area contributed by atoms with E-state index in [9.17, 15) is 18.6 Å². The molecule has 0 fully saturated rings. The fraction of sp³-hybridized carbons (Fsp3) is 0. The van der Waals surface area contributed by atoms with Gasteiger partial charge < -0.3 is 19.2 Å². The third-order valence-corrected chi connectivity index (χ3v) is 0.307. The average molecular weight is 242 g/mol. The zero-order chi connectivity index (χ0) is 11.1. The van der Waals surface area contributed by atoms with Crippen LogP contribution in [-0.2, 0) is 24.0 Å². The molecule has 0 atom stereocenters. The van der Waals surface area contributed by atoms with E-state index in [-0.39, 0.29) is 56.6 Å². The van der Waals surface area contributed by atoms with Gasteiger partial charge in [-0.2, -0.15) is 7.82 Å². The van der Waals surface area contributed by atoms with Crippen molar-refractivity contribution in [3.63, 3.8) is 0 Å². The van der Waals surface area contributed by atoms with Gasteiger partial charge in [0.15, 0.2) is 0 Å². The van der Waals surface area contributed by atoms with Gasteiger partial charge >= 0.3 is 68.5 Å². The first-order valence-corrected chi connectivity index (χ1v) is 3.57. The molecule has 0 aliphatic rings. The van der Waals surface area contributed by atoms with E-state index in [1.165, 1.54) is 0 Å². The topological polar surface area (TPSA) is 139 Å². The van der Waals surface area contributed by atoms with Gasteiger partial charge in [-0.3, -0.25) is 0 Å². The van der Waals surface area contributed by atoms with Crippen molar-refractivity contribution in [3.05, 3.63) is 0 Å². The molecule has 0 amide bonds. The molecule has 0 unspecified atom stereocenters. The van der Waals surface area contributed by atoms with Crippen LogP contribution in [0.25, 0.3) is 0 Å². The Bertz CT molecular complexity index is 209. The van der Waals surface area contributed by atoms with E-state index in [0.717, 1.165) is 0 Å². The first kappa shape index (κ1) is 30.1. The molecule has 0 bridgehead atoms. The molecule has 0 aromatic carbocycles. The Labute approximate surface area is 124 Å². The Balaban J connectivity index is -0.0000000454. The smallest absolute Gasteiger partial charge is 0.822 e. The second-order valence-corrected chi connectivity index (χ2v) is 2.07. The van der Waals surface area contributed by atoms with Crippen LogP contribution in [0.3, 0.4) is 0 Å². The van der Waals surface area contributed by atoms with E-state index in [1.807, 2.05) is 0 Å². The number of hydrogen-bond acceptors (Lipinski definition) is 8. The van der Waals surface area contributed by atoms with Gasteiger partial charge in [-0.05, 0) is 0 Å². The summed E-state index contributed by atoms with van der Waals surface area (Å²) in [5, 5.41) is 0. The molecule has 0 N–H and O–H groups in total. The summed E-state index contributed by atoms with van der Waals surface area (Å²) in [6, 6.07) is 0. The van der Waals surface area contributed by atoms with Crippen LogP contribution >= 0.6 is 7.82 Å². The van der Waals surface area contributed by atoms with E-state index in [0.29, 0.717) is 0 Å². The standard InChI is InChI=1S/C2F2O4.3Li.H3O4P/c3-7-1(5)2(6)8-4;;;;1-5(2,3)4/h;;;;(H3,1,2,3,4)/q;3*+1;/p-3. The third-order valence-electron chi connectivity index (χ3n) is 0.307. The Morgan fingerprint density at radius 1 is 0.875 bits per heavy atom. The quantitative estimate of drug-likeness (QED) is 0.231. The fourth-order valence-corrected chi connectivity index (χ4v) is 0.0630. The number of carbonyl (C=O) groups excluding carboxylic acids is 2. The number of phosphoric acid groups is 1. The van der Waals surface area contributed by atoms with Crippen molar-refractivity contribution in [3.8, 4) is 0 Å². The summed E-state index contributed by atoms with van der Waals surface area (Å²) in [7, 11) is -5.39. The number of rotatable bonds is 0. The van der Waals surface area contributed by atoms with Crippen molar-refractivity contribution in [2.24, 2.45) is 0 Å². The number of carbonyl (C=O) groups is 2. The zero-order valence-corrected chi connectivity index (χ0v) is 9.36. The van der Waals surface area contributed by atoms with Crippen molar-refractivity contribution in [2.75, 3.05) is 0 Å². The number of hydrogen-bond donors (Lipinski definition) is 0. The molecular formula is C2F2Li3O8P. The van der Waals surface area contributed by atoms with Crippen molar-refractivity contribution >= 4 is 19.8 Å². The molecule has 14 heteroatoms. The molecule has 0 rings (SSSR count). The van der Waals surface area contributed by atoms with Crippen molar-refractivity contribution in [2.45, 2.75) is 0 Å². The average Bonchev–Trinajstić information content (AvgIpc) is 1.98. The molecule has 0 aliphatic carbocycles. The minimum Gasteiger partial charge on any atom is -0.822 e. The van der Waals surface area contributed by atoms with E-state index >= 15 is 0 Å². The van der Waals surface area contributed by atoms with Crippen molar-refractivity contribution in [1.29, 1.82) is 0 Å². The van der Waals surface area contributed by atoms with Gasteiger partial charge in [-0.15, -0.1) is 0 Å². The normalized spacial score (nSPS) is 7.56. The molecule has 0 spiro atoms. The van der Waals surface area contributed by atoms with Crippen molar-refractivity contribution in [1.82, 2.24) is 0 Å². The molecule has 0 aromatic rings. The Hall–Kier alpha value is 0.702. The van der Waals surface area contributed by atoms with E-state index in [4.69, 9.17) is 19.2 Å². The summed E-state index contributed by atoms with van der Waals surface area (Å²) in [5.41, 5.74) is 0. The fourth-order valence-electron chi connectivity index (χ4n) is 0.0630. The zero-order valence-electron chi connectivity index (χ0n) is 8.47. The molecule has 78 valence electrons. The van der Waals surface area contributed by atoms with Gasteiger partial charge in [-0.25, -0.2) is 19.5 Å². The third kappa shape index (κ3) is 36.5. The van der Waals surface area contributed by atoms with E-state index in [1.54, 1.807) is 0 Å². The van der Waals surface area contributed by atoms with Crippen LogP contribution in [0.15, 0.2) is 0 Å². The minimum absolute atomic E-state index is 0. The maximum atomic E-state index is 10.5. The maximum Gasteiger partial charge on any atom is 1.00 e. The molecule has 0 saturated carbocycles. The molecular weight excluding hydrogens is 242 g/mol. The Morgan fingerprint density at radius 3 is 1.06 bits per heavy atom. The molecule has 0 saturated heterocycles. The van der Waals surface area contributed by atoms with Crippen LogP contribution in [0.4, 0.5) is 9.05 Å². The van der Waals surface area contributed by atoms with E-state index in [2.05, 4.69) is 9.88 Å². The second-order valence-electron chi connectivity index (χ2n) is 1.18. The minimum atomic E-state index is -5.39. The molecule has 0 aromatic heterocycles. The molecule has 8 nitrogen and oxygen atoms in total. The van der Waals surface area contributed by atoms with Crippen LogP contribution in [0.1, 0.15) is 0 Å². The van der Waals surface area contributed by atoms with Crippen LogP contribution in [0.2, 0.25) is 0 Å². The van der Waals surface area contributed by atoms with Crippen LogP contribution in [0, 0.1) is 0 Å². The van der Waals surface area contributed by atoms with Crippen LogP contribution < -0.4 is 71.3 Å². The van der Waals surface area contributed by atoms with Crippen molar-refractivity contribution < 1.29 is 104 Å². The largest absolute Gasteiger partial charge is 1.00 e. The SMILES string of the molecule is O=C(OF)C(=O)OF.O=P([O-])([O-])[O-].[Li+].[Li+].[Li+]. The summed E-state index contributed by atoms with van der Waals surface area (Å²) in [6.45, 7) is 0. The summed E-state index contributed by atoms with van der Waals surface area (Å²) in [4.78, 5) is 49.0. The van der Waals surface area contributed by atoms with Crippen LogP contribution in [-0.4, -0.2) is 11.9 Å². The summed E-state index contributed by atoms with van der Waals surface area (Å²) < 4.78 is 29.6.